The van der Waals surface area contributed by atoms with Crippen LogP contribution in [0.1, 0.15) is 47.7 Å². The van der Waals surface area contributed by atoms with Crippen LogP contribution in [0.3, 0.4) is 0 Å². The van der Waals surface area contributed by atoms with Gasteiger partial charge >= 0.3 is 5.97 Å². The SMILES string of the molecule is CCCC[S+]([O-])/N=C/CCNc1c(Br)c(F)c(C)c(C(=O)Oc2ccccc2)c1OCc1ccccc1. The van der Waals surface area contributed by atoms with Crippen LogP contribution in [0, 0.1) is 12.7 Å². The van der Waals surface area contributed by atoms with Crippen LogP contribution in [-0.2, 0) is 18.0 Å². The molecular weight excluding hydrogens is 559 g/mol. The van der Waals surface area contributed by atoms with E-state index >= 15 is 4.39 Å². The highest BCUT2D eigenvalue weighted by Gasteiger charge is 2.28. The normalized spacial score (nSPS) is 11.9. The first-order valence-corrected chi connectivity index (χ1v) is 14.1. The van der Waals surface area contributed by atoms with E-state index in [2.05, 4.69) is 25.6 Å². The lowest BCUT2D eigenvalue weighted by Gasteiger charge is -2.20. The molecular formula is C28H30BrFN2O4S. The zero-order valence-corrected chi connectivity index (χ0v) is 23.2. The number of hydrogen-bond acceptors (Lipinski definition) is 6. The fourth-order valence-corrected chi connectivity index (χ4v) is 4.95. The molecule has 0 amide bonds. The van der Waals surface area contributed by atoms with Crippen LogP contribution in [0.2, 0.25) is 0 Å². The van der Waals surface area contributed by atoms with Gasteiger partial charge in [0, 0.05) is 18.5 Å². The second kappa shape index (κ2) is 14.8. The van der Waals surface area contributed by atoms with Crippen LogP contribution in [0.5, 0.6) is 11.5 Å². The van der Waals surface area contributed by atoms with Gasteiger partial charge in [0.1, 0.15) is 29.5 Å². The van der Waals surface area contributed by atoms with Crippen molar-refractivity contribution in [2.45, 2.75) is 39.7 Å². The summed E-state index contributed by atoms with van der Waals surface area (Å²) in [4.78, 5) is 13.3. The molecule has 0 heterocycles. The number of ether oxygens (including phenoxy) is 2. The molecule has 0 saturated carbocycles. The van der Waals surface area contributed by atoms with Gasteiger partial charge in [-0.3, -0.25) is 0 Å². The highest BCUT2D eigenvalue weighted by molar-refractivity contribution is 9.10. The van der Waals surface area contributed by atoms with E-state index in [-0.39, 0.29) is 28.0 Å². The molecule has 1 atom stereocenters. The number of halogens is 2. The number of nitrogens with zero attached hydrogens (tertiary/aromatic N) is 1. The van der Waals surface area contributed by atoms with Gasteiger partial charge in [-0.25, -0.2) is 9.18 Å². The van der Waals surface area contributed by atoms with Gasteiger partial charge in [0.05, 0.1) is 27.7 Å². The maximum Gasteiger partial charge on any atom is 0.347 e. The van der Waals surface area contributed by atoms with Crippen molar-refractivity contribution in [3.63, 3.8) is 0 Å². The molecule has 37 heavy (non-hydrogen) atoms. The van der Waals surface area contributed by atoms with Gasteiger partial charge in [-0.2, -0.15) is 0 Å². The van der Waals surface area contributed by atoms with E-state index in [0.717, 1.165) is 18.4 Å². The average molecular weight is 590 g/mol. The summed E-state index contributed by atoms with van der Waals surface area (Å²) in [5.74, 6) is -0.275. The zero-order valence-electron chi connectivity index (χ0n) is 20.8. The van der Waals surface area contributed by atoms with Crippen LogP contribution in [0.15, 0.2) is 69.5 Å². The van der Waals surface area contributed by atoms with E-state index in [4.69, 9.17) is 9.47 Å². The van der Waals surface area contributed by atoms with E-state index in [9.17, 15) is 9.35 Å². The van der Waals surface area contributed by atoms with Gasteiger partial charge in [-0.15, -0.1) is 0 Å². The second-order valence-corrected chi connectivity index (χ2v) is 10.2. The summed E-state index contributed by atoms with van der Waals surface area (Å²) in [7, 11) is 0. The number of carbonyl (C=O) groups excluding carboxylic acids is 1. The molecule has 3 rings (SSSR count). The first kappa shape index (κ1) is 28.7. The van der Waals surface area contributed by atoms with Gasteiger partial charge in [0.2, 0.25) is 0 Å². The fourth-order valence-electron chi connectivity index (χ4n) is 3.42. The van der Waals surface area contributed by atoms with Crippen LogP contribution >= 0.6 is 15.9 Å². The van der Waals surface area contributed by atoms with Crippen molar-refractivity contribution in [3.8, 4) is 11.5 Å². The van der Waals surface area contributed by atoms with Crippen molar-refractivity contribution in [3.05, 3.63) is 87.6 Å². The Morgan fingerprint density at radius 2 is 1.84 bits per heavy atom. The molecule has 3 aromatic carbocycles. The highest BCUT2D eigenvalue weighted by atomic mass is 79.9. The fraction of sp³-hybridized carbons (Fsp3) is 0.286. The summed E-state index contributed by atoms with van der Waals surface area (Å²) >= 11 is 2.08. The van der Waals surface area contributed by atoms with Gasteiger partial charge in [-0.05, 0) is 47.0 Å². The standard InChI is InChI=1S/C28H30BrFN2O4S/c1-3-4-18-37(34)32-17-11-16-31-26-24(29)25(30)20(2)23(28(33)36-22-14-9-6-10-15-22)27(26)35-19-21-12-7-5-8-13-21/h5-10,12-15,17,31H,3-4,11,16,18-19H2,1-2H3/b32-17+. The molecule has 1 unspecified atom stereocenters. The Morgan fingerprint density at radius 3 is 2.51 bits per heavy atom. The number of esters is 1. The average Bonchev–Trinajstić information content (AvgIpc) is 2.91. The number of hydrogen-bond donors (Lipinski definition) is 1. The van der Waals surface area contributed by atoms with Crippen molar-refractivity contribution in [1.29, 1.82) is 0 Å². The molecule has 0 aliphatic heterocycles. The van der Waals surface area contributed by atoms with Crippen LogP contribution in [0.4, 0.5) is 10.1 Å². The summed E-state index contributed by atoms with van der Waals surface area (Å²) in [6, 6.07) is 18.1. The Balaban J connectivity index is 1.89. The smallest absolute Gasteiger partial charge is 0.347 e. The first-order chi connectivity index (χ1) is 17.9. The van der Waals surface area contributed by atoms with Gasteiger partial charge in [0.15, 0.2) is 5.75 Å². The predicted octanol–water partition coefficient (Wildman–Crippen LogP) is 7.03. The molecule has 0 bridgehead atoms. The Labute approximate surface area is 228 Å². The summed E-state index contributed by atoms with van der Waals surface area (Å²) in [5, 5.41) is 3.15. The van der Waals surface area contributed by atoms with Crippen molar-refractivity contribution in [2.24, 2.45) is 4.40 Å². The maximum absolute atomic E-state index is 15.3. The summed E-state index contributed by atoms with van der Waals surface area (Å²) in [6.45, 7) is 4.06. The number of benzene rings is 3. The van der Waals surface area contributed by atoms with Crippen LogP contribution < -0.4 is 14.8 Å². The van der Waals surface area contributed by atoms with E-state index in [1.165, 1.54) is 6.92 Å². The first-order valence-electron chi connectivity index (χ1n) is 12.0. The number of carbonyl (C=O) groups is 1. The lowest BCUT2D eigenvalue weighted by atomic mass is 10.0. The van der Waals surface area contributed by atoms with Crippen molar-refractivity contribution < 1.29 is 23.2 Å². The molecule has 0 saturated heterocycles. The molecule has 1 N–H and O–H groups in total. The van der Waals surface area contributed by atoms with E-state index in [1.807, 2.05) is 37.3 Å². The lowest BCUT2D eigenvalue weighted by molar-refractivity contribution is 0.0728. The molecule has 3 aromatic rings. The zero-order chi connectivity index (χ0) is 26.6. The third-order valence-electron chi connectivity index (χ3n) is 5.39. The molecule has 0 aliphatic rings. The van der Waals surface area contributed by atoms with E-state index in [0.29, 0.717) is 30.2 Å². The van der Waals surface area contributed by atoms with Crippen molar-refractivity contribution in [1.82, 2.24) is 0 Å². The Morgan fingerprint density at radius 1 is 1.16 bits per heavy atom. The van der Waals surface area contributed by atoms with Crippen LogP contribution in [-0.4, -0.2) is 29.0 Å². The minimum Gasteiger partial charge on any atom is -0.591 e. The van der Waals surface area contributed by atoms with Crippen LogP contribution in [0.25, 0.3) is 0 Å². The number of unbranched alkanes of at least 4 members (excludes halogenated alkanes) is 1. The molecule has 0 fully saturated rings. The Kier molecular flexibility index (Phi) is 11.4. The lowest BCUT2D eigenvalue weighted by Crippen LogP contribution is -2.17. The third-order valence-corrected chi connectivity index (χ3v) is 7.16. The quantitative estimate of drug-likeness (QED) is 0.0761. The predicted molar refractivity (Wildman–Crippen MR) is 151 cm³/mol. The molecule has 9 heteroatoms. The minimum absolute atomic E-state index is 0.00248. The maximum atomic E-state index is 15.3. The molecule has 0 spiro atoms. The molecule has 0 aliphatic carbocycles. The monoisotopic (exact) mass is 588 g/mol. The highest BCUT2D eigenvalue weighted by Crippen LogP contribution is 2.41. The number of para-hydroxylation sites is 1. The van der Waals surface area contributed by atoms with Gasteiger partial charge < -0.3 is 19.3 Å². The summed E-state index contributed by atoms with van der Waals surface area (Å²) < 4.78 is 43.0. The van der Waals surface area contributed by atoms with Crippen molar-refractivity contribution in [2.75, 3.05) is 17.6 Å². The number of nitrogens with one attached hydrogen (secondary N) is 1. The summed E-state index contributed by atoms with van der Waals surface area (Å²) in [6.07, 6.45) is 3.84. The second-order valence-electron chi connectivity index (χ2n) is 8.19. The third kappa shape index (κ3) is 8.31. The van der Waals surface area contributed by atoms with Gasteiger partial charge in [-0.1, -0.05) is 66.3 Å². The minimum atomic E-state index is -1.25. The Bertz CT molecular complexity index is 1200. The largest absolute Gasteiger partial charge is 0.591 e. The number of rotatable bonds is 13. The molecule has 0 radical (unpaired) electrons. The number of anilines is 1. The molecule has 0 aromatic heterocycles. The van der Waals surface area contributed by atoms with Gasteiger partial charge in [0.25, 0.3) is 0 Å². The summed E-state index contributed by atoms with van der Waals surface area (Å²) in [5.41, 5.74) is 1.28. The molecule has 196 valence electrons. The molecule has 6 nitrogen and oxygen atoms in total. The topological polar surface area (TPSA) is 83.0 Å². The van der Waals surface area contributed by atoms with Crippen molar-refractivity contribution >= 4 is 45.2 Å². The van der Waals surface area contributed by atoms with E-state index < -0.39 is 23.1 Å². The Hall–Kier alpha value is -2.88. The van der Waals surface area contributed by atoms with E-state index in [1.54, 1.807) is 36.5 Å².